The van der Waals surface area contributed by atoms with Gasteiger partial charge in [0.05, 0.1) is 27.6 Å². The zero-order valence-electron chi connectivity index (χ0n) is 45.0. The van der Waals surface area contributed by atoms with Gasteiger partial charge in [0.2, 0.25) is 0 Å². The lowest BCUT2D eigenvalue weighted by Gasteiger charge is -2.22. The van der Waals surface area contributed by atoms with Crippen LogP contribution in [0.15, 0.2) is 216 Å². The molecule has 0 amide bonds. The maximum absolute atomic E-state index is 15.7. The molecule has 0 aliphatic heterocycles. The van der Waals surface area contributed by atoms with E-state index in [4.69, 9.17) is 29.9 Å². The Bertz CT molecular complexity index is 4510. The van der Waals surface area contributed by atoms with Gasteiger partial charge in [-0.25, -0.2) is 29.9 Å². The minimum Gasteiger partial charge on any atom is -0.308 e. The Labute approximate surface area is 460 Å². The van der Waals surface area contributed by atoms with Gasteiger partial charge in [0.25, 0.3) is 0 Å². The fourth-order valence-corrected chi connectivity index (χ4v) is 11.3. The SMILES string of the molecule is CC(C)(C)c1ccc2c(c1)c(=O)c1cc(-n3c4c(-c5nc(-c6ccccc6)nc(-c6ccccc6)n5)cccc4c4cccc(-c5nc(-c6ccccc6)nc(-c6ccccc6)n5)c43)cc3c(=O)c4cc(C(C)(C)C)ccc4n2c13. The van der Waals surface area contributed by atoms with Crippen molar-refractivity contribution >= 4 is 59.9 Å². The van der Waals surface area contributed by atoms with Crippen LogP contribution < -0.4 is 10.9 Å². The molecule has 0 bridgehead atoms. The third kappa shape index (κ3) is 7.93. The number of hydrogen-bond acceptors (Lipinski definition) is 8. The lowest BCUT2D eigenvalue weighted by molar-refractivity contribution is 0.591. The van der Waals surface area contributed by atoms with E-state index in [1.165, 1.54) is 0 Å². The molecule has 0 aliphatic rings. The zero-order valence-corrected chi connectivity index (χ0v) is 45.0. The molecule has 0 N–H and O–H groups in total. The van der Waals surface area contributed by atoms with Crippen LogP contribution in [0, 0.1) is 0 Å². The molecule has 5 aromatic heterocycles. The fraction of sp³-hybridized carbons (Fsp3) is 0.114. The standard InChI is InChI=1S/C70H52N8O2/c1-69(2,3)45-33-35-56-52(37-45)61(79)54-39-47(40-55-60(54)78(56)57-36-34-46(70(4,5)6)38-53(57)62(55)80)77-58-48(29-19-31-50(58)67-73-63(41-21-11-7-12-22-41)71-64(74-67)42-23-13-8-14-24-42)49-30-20-32-51(59(49)77)68-75-65(43-25-15-9-16-26-43)72-66(76-68)44-27-17-10-18-28-44/h7-40H,1-6H3. The van der Waals surface area contributed by atoms with Gasteiger partial charge in [-0.05, 0) is 70.5 Å². The molecule has 0 atom stereocenters. The average Bonchev–Trinajstić information content (AvgIpc) is 4.03. The summed E-state index contributed by atoms with van der Waals surface area (Å²) in [6, 6.07) is 68.4. The highest BCUT2D eigenvalue weighted by atomic mass is 16.1. The Hall–Kier alpha value is -10.1. The van der Waals surface area contributed by atoms with E-state index in [0.29, 0.717) is 78.8 Å². The summed E-state index contributed by atoms with van der Waals surface area (Å²) in [5.41, 5.74) is 10.1. The van der Waals surface area contributed by atoms with Crippen molar-refractivity contribution in [3.05, 3.63) is 238 Å². The summed E-state index contributed by atoms with van der Waals surface area (Å²) in [5, 5.41) is 3.72. The Morgan fingerprint density at radius 1 is 0.312 bits per heavy atom. The number of rotatable bonds is 7. The Kier molecular flexibility index (Phi) is 11.0. The van der Waals surface area contributed by atoms with Gasteiger partial charge in [0, 0.05) is 71.4 Å². The Morgan fingerprint density at radius 2 is 0.650 bits per heavy atom. The monoisotopic (exact) mass is 1040 g/mol. The van der Waals surface area contributed by atoms with E-state index in [2.05, 4.69) is 74.8 Å². The molecular weight excluding hydrogens is 985 g/mol. The van der Waals surface area contributed by atoms with Gasteiger partial charge in [0.1, 0.15) is 0 Å². The lowest BCUT2D eigenvalue weighted by atomic mass is 9.85. The maximum atomic E-state index is 15.7. The molecule has 0 saturated carbocycles. The van der Waals surface area contributed by atoms with Crippen molar-refractivity contribution in [1.29, 1.82) is 0 Å². The van der Waals surface area contributed by atoms with Gasteiger partial charge in [-0.3, -0.25) is 9.59 Å². The highest BCUT2D eigenvalue weighted by Crippen LogP contribution is 2.43. The van der Waals surface area contributed by atoms with Gasteiger partial charge in [0.15, 0.2) is 45.8 Å². The van der Waals surface area contributed by atoms with Crippen molar-refractivity contribution in [2.24, 2.45) is 0 Å². The fourth-order valence-electron chi connectivity index (χ4n) is 11.3. The molecule has 384 valence electrons. The summed E-state index contributed by atoms with van der Waals surface area (Å²) < 4.78 is 4.30. The summed E-state index contributed by atoms with van der Waals surface area (Å²) in [6.07, 6.45) is 0. The predicted octanol–water partition coefficient (Wildman–Crippen LogP) is 15.6. The second kappa shape index (κ2) is 18.3. The molecule has 14 aromatic rings. The third-order valence-electron chi connectivity index (χ3n) is 15.5. The number of benzene rings is 9. The summed E-state index contributed by atoms with van der Waals surface area (Å²) in [6.45, 7) is 12.9. The molecule has 10 nitrogen and oxygen atoms in total. The van der Waals surface area contributed by atoms with E-state index in [9.17, 15) is 0 Å². The van der Waals surface area contributed by atoms with Gasteiger partial charge >= 0.3 is 0 Å². The van der Waals surface area contributed by atoms with E-state index in [1.54, 1.807) is 0 Å². The van der Waals surface area contributed by atoms with Crippen molar-refractivity contribution in [2.75, 3.05) is 0 Å². The van der Waals surface area contributed by atoms with Gasteiger partial charge in [-0.15, -0.1) is 0 Å². The van der Waals surface area contributed by atoms with E-state index in [-0.39, 0.29) is 21.7 Å². The van der Waals surface area contributed by atoms with Gasteiger partial charge < -0.3 is 8.97 Å². The van der Waals surface area contributed by atoms with Crippen LogP contribution in [0.3, 0.4) is 0 Å². The molecule has 80 heavy (non-hydrogen) atoms. The minimum absolute atomic E-state index is 0.167. The highest BCUT2D eigenvalue weighted by molar-refractivity contribution is 6.18. The molecule has 0 spiro atoms. The van der Waals surface area contributed by atoms with Crippen LogP contribution in [0.2, 0.25) is 0 Å². The zero-order chi connectivity index (χ0) is 54.6. The first-order valence-corrected chi connectivity index (χ1v) is 26.9. The lowest BCUT2D eigenvalue weighted by Crippen LogP contribution is -2.18. The molecule has 0 aliphatic carbocycles. The molecule has 5 heterocycles. The number of nitrogens with zero attached hydrogens (tertiary/aromatic N) is 8. The molecule has 0 fully saturated rings. The van der Waals surface area contributed by atoms with Crippen molar-refractivity contribution in [2.45, 2.75) is 52.4 Å². The molecule has 10 heteroatoms. The quantitative estimate of drug-likeness (QED) is 0.114. The van der Waals surface area contributed by atoms with E-state index < -0.39 is 0 Å². The molecular formula is C70H52N8O2. The van der Waals surface area contributed by atoms with Crippen LogP contribution in [-0.4, -0.2) is 38.9 Å². The second-order valence-corrected chi connectivity index (χ2v) is 22.7. The van der Waals surface area contributed by atoms with E-state index in [0.717, 1.165) is 66.2 Å². The van der Waals surface area contributed by atoms with Crippen LogP contribution in [0.5, 0.6) is 0 Å². The van der Waals surface area contributed by atoms with Gasteiger partial charge in [-0.2, -0.15) is 0 Å². The largest absolute Gasteiger partial charge is 0.308 e. The topological polar surface area (TPSA) is 121 Å². The third-order valence-corrected chi connectivity index (χ3v) is 15.5. The summed E-state index contributed by atoms with van der Waals surface area (Å²) in [5.74, 6) is 2.93. The van der Waals surface area contributed by atoms with Crippen molar-refractivity contribution in [1.82, 2.24) is 38.9 Å². The number of para-hydroxylation sites is 2. The second-order valence-electron chi connectivity index (χ2n) is 22.7. The van der Waals surface area contributed by atoms with Crippen LogP contribution in [-0.2, 0) is 10.8 Å². The minimum atomic E-state index is -0.249. The van der Waals surface area contributed by atoms with E-state index >= 15 is 9.59 Å². The van der Waals surface area contributed by atoms with Crippen molar-refractivity contribution < 1.29 is 0 Å². The van der Waals surface area contributed by atoms with Crippen molar-refractivity contribution in [3.8, 4) is 74.0 Å². The predicted molar refractivity (Wildman–Crippen MR) is 325 cm³/mol. The first-order chi connectivity index (χ1) is 38.8. The molecule has 0 radical (unpaired) electrons. The molecule has 9 aromatic carbocycles. The highest BCUT2D eigenvalue weighted by Gasteiger charge is 2.28. The molecule has 0 unspecified atom stereocenters. The van der Waals surface area contributed by atoms with Crippen molar-refractivity contribution in [3.63, 3.8) is 0 Å². The van der Waals surface area contributed by atoms with E-state index in [1.807, 2.05) is 182 Å². The normalized spacial score (nSPS) is 12.2. The average molecular weight is 1040 g/mol. The molecule has 0 saturated heterocycles. The van der Waals surface area contributed by atoms with Gasteiger partial charge in [-0.1, -0.05) is 199 Å². The smallest absolute Gasteiger partial charge is 0.197 e. The Morgan fingerprint density at radius 3 is 0.988 bits per heavy atom. The molecule has 14 rings (SSSR count). The van der Waals surface area contributed by atoms with Crippen LogP contribution in [0.25, 0.3) is 134 Å². The number of pyridine rings is 2. The van der Waals surface area contributed by atoms with Crippen LogP contribution in [0.1, 0.15) is 52.7 Å². The summed E-state index contributed by atoms with van der Waals surface area (Å²) >= 11 is 0. The summed E-state index contributed by atoms with van der Waals surface area (Å²) in [4.78, 5) is 62.8. The number of fused-ring (bicyclic) bond motifs is 7. The first-order valence-electron chi connectivity index (χ1n) is 26.9. The van der Waals surface area contributed by atoms with Crippen LogP contribution >= 0.6 is 0 Å². The summed E-state index contributed by atoms with van der Waals surface area (Å²) in [7, 11) is 0. The maximum Gasteiger partial charge on any atom is 0.197 e. The first kappa shape index (κ1) is 48.3. The number of aromatic nitrogens is 8. The number of hydrogen-bond donors (Lipinski definition) is 0. The van der Waals surface area contributed by atoms with Crippen LogP contribution in [0.4, 0.5) is 0 Å². The Balaban J connectivity index is 1.16.